The molecule has 2 aromatic rings. The van der Waals surface area contributed by atoms with Crippen LogP contribution in [0.15, 0.2) is 18.2 Å². The topological polar surface area (TPSA) is 40.7 Å². The third-order valence-corrected chi connectivity index (χ3v) is 3.41. The molecule has 0 bridgehead atoms. The zero-order chi connectivity index (χ0) is 12.4. The minimum absolute atomic E-state index is 0.759. The summed E-state index contributed by atoms with van der Waals surface area (Å²) in [4.78, 5) is 0. The standard InChI is InChI=1S/C13H16ClN3/c1-8-12(14)5-4-6-13(8)15-7-11-9(2)16-17-10(11)3/h4-6,15H,7H2,1-3H3,(H,16,17). The number of rotatable bonds is 3. The van der Waals surface area contributed by atoms with E-state index >= 15 is 0 Å². The Morgan fingerprint density at radius 2 is 2.06 bits per heavy atom. The number of aryl methyl sites for hydroxylation is 2. The molecule has 0 aliphatic heterocycles. The van der Waals surface area contributed by atoms with Crippen molar-refractivity contribution in [3.63, 3.8) is 0 Å². The monoisotopic (exact) mass is 249 g/mol. The fourth-order valence-corrected chi connectivity index (χ4v) is 1.99. The zero-order valence-electron chi connectivity index (χ0n) is 10.3. The van der Waals surface area contributed by atoms with Crippen molar-refractivity contribution in [3.8, 4) is 0 Å². The lowest BCUT2D eigenvalue weighted by atomic mass is 10.1. The molecule has 0 atom stereocenters. The second-order valence-electron chi connectivity index (χ2n) is 4.18. The number of aromatic nitrogens is 2. The first-order valence-corrected chi connectivity index (χ1v) is 5.97. The van der Waals surface area contributed by atoms with E-state index in [2.05, 4.69) is 15.5 Å². The Balaban J connectivity index is 2.15. The van der Waals surface area contributed by atoms with Gasteiger partial charge in [0.15, 0.2) is 0 Å². The lowest BCUT2D eigenvalue weighted by molar-refractivity contribution is 1.02. The summed E-state index contributed by atoms with van der Waals surface area (Å²) in [6, 6.07) is 5.88. The smallest absolute Gasteiger partial charge is 0.0643 e. The van der Waals surface area contributed by atoms with E-state index in [1.807, 2.05) is 39.0 Å². The number of nitrogens with zero attached hydrogens (tertiary/aromatic N) is 1. The number of aromatic amines is 1. The number of halogens is 1. The first kappa shape index (κ1) is 12.0. The summed E-state index contributed by atoms with van der Waals surface area (Å²) in [5.74, 6) is 0. The van der Waals surface area contributed by atoms with Gasteiger partial charge < -0.3 is 5.32 Å². The quantitative estimate of drug-likeness (QED) is 0.873. The highest BCUT2D eigenvalue weighted by Crippen LogP contribution is 2.23. The molecule has 1 aromatic carbocycles. The molecule has 0 saturated heterocycles. The predicted octanol–water partition coefficient (Wildman–Crippen LogP) is 3.60. The normalized spacial score (nSPS) is 10.6. The Bertz CT molecular complexity index is 512. The molecule has 0 aliphatic carbocycles. The highest BCUT2D eigenvalue weighted by atomic mass is 35.5. The SMILES string of the molecule is Cc1n[nH]c(C)c1CNc1cccc(Cl)c1C. The first-order chi connectivity index (χ1) is 8.09. The van der Waals surface area contributed by atoms with E-state index in [1.165, 1.54) is 5.56 Å². The highest BCUT2D eigenvalue weighted by Gasteiger charge is 2.07. The van der Waals surface area contributed by atoms with Crippen molar-refractivity contribution < 1.29 is 0 Å². The van der Waals surface area contributed by atoms with Gasteiger partial charge in [0.2, 0.25) is 0 Å². The fourth-order valence-electron chi connectivity index (χ4n) is 1.82. The number of benzene rings is 1. The van der Waals surface area contributed by atoms with E-state index in [-0.39, 0.29) is 0 Å². The Hall–Kier alpha value is -1.48. The van der Waals surface area contributed by atoms with Crippen molar-refractivity contribution in [2.75, 3.05) is 5.32 Å². The van der Waals surface area contributed by atoms with E-state index in [4.69, 9.17) is 11.6 Å². The number of hydrogen-bond acceptors (Lipinski definition) is 2. The first-order valence-electron chi connectivity index (χ1n) is 5.59. The fraction of sp³-hybridized carbons (Fsp3) is 0.308. The van der Waals surface area contributed by atoms with Crippen LogP contribution in [-0.2, 0) is 6.54 Å². The molecule has 4 heteroatoms. The van der Waals surface area contributed by atoms with E-state index in [9.17, 15) is 0 Å². The molecule has 0 spiro atoms. The molecule has 1 heterocycles. The minimum Gasteiger partial charge on any atom is -0.381 e. The van der Waals surface area contributed by atoms with Gasteiger partial charge >= 0.3 is 0 Å². The molecule has 3 nitrogen and oxygen atoms in total. The van der Waals surface area contributed by atoms with Gasteiger partial charge in [0, 0.05) is 28.5 Å². The zero-order valence-corrected chi connectivity index (χ0v) is 11.0. The maximum absolute atomic E-state index is 6.08. The molecule has 0 unspecified atom stereocenters. The van der Waals surface area contributed by atoms with Gasteiger partial charge in [-0.2, -0.15) is 5.10 Å². The second-order valence-corrected chi connectivity index (χ2v) is 4.59. The third kappa shape index (κ3) is 2.44. The molecule has 0 fully saturated rings. The van der Waals surface area contributed by atoms with Crippen molar-refractivity contribution in [3.05, 3.63) is 45.7 Å². The van der Waals surface area contributed by atoms with Gasteiger partial charge in [-0.25, -0.2) is 0 Å². The van der Waals surface area contributed by atoms with Crippen LogP contribution in [0.1, 0.15) is 22.5 Å². The van der Waals surface area contributed by atoms with Gasteiger partial charge in [-0.3, -0.25) is 5.10 Å². The molecular weight excluding hydrogens is 234 g/mol. The second kappa shape index (κ2) is 4.80. The molecule has 1 aromatic heterocycles. The van der Waals surface area contributed by atoms with Gasteiger partial charge in [0.1, 0.15) is 0 Å². The molecule has 0 radical (unpaired) electrons. The lowest BCUT2D eigenvalue weighted by Gasteiger charge is -2.10. The van der Waals surface area contributed by atoms with Crippen LogP contribution >= 0.6 is 11.6 Å². The number of hydrogen-bond donors (Lipinski definition) is 2. The third-order valence-electron chi connectivity index (χ3n) is 3.00. The van der Waals surface area contributed by atoms with Crippen molar-refractivity contribution in [1.29, 1.82) is 0 Å². The maximum atomic E-state index is 6.08. The van der Waals surface area contributed by atoms with Crippen LogP contribution in [0.25, 0.3) is 0 Å². The Morgan fingerprint density at radius 3 is 2.71 bits per heavy atom. The average Bonchev–Trinajstić information content (AvgIpc) is 2.62. The van der Waals surface area contributed by atoms with Crippen molar-refractivity contribution >= 4 is 17.3 Å². The number of H-pyrrole nitrogens is 1. The molecule has 0 saturated carbocycles. The Kier molecular flexibility index (Phi) is 3.38. The van der Waals surface area contributed by atoms with E-state index in [0.29, 0.717) is 0 Å². The molecule has 2 N–H and O–H groups in total. The van der Waals surface area contributed by atoms with E-state index in [1.54, 1.807) is 0 Å². The largest absolute Gasteiger partial charge is 0.381 e. The summed E-state index contributed by atoms with van der Waals surface area (Å²) in [5.41, 5.74) is 5.50. The maximum Gasteiger partial charge on any atom is 0.0643 e. The Morgan fingerprint density at radius 1 is 1.29 bits per heavy atom. The highest BCUT2D eigenvalue weighted by molar-refractivity contribution is 6.31. The van der Waals surface area contributed by atoms with Gasteiger partial charge in [-0.1, -0.05) is 17.7 Å². The van der Waals surface area contributed by atoms with Crippen molar-refractivity contribution in [2.45, 2.75) is 27.3 Å². The number of anilines is 1. The average molecular weight is 250 g/mol. The molecule has 0 amide bonds. The summed E-state index contributed by atoms with van der Waals surface area (Å²) in [6.45, 7) is 6.81. The summed E-state index contributed by atoms with van der Waals surface area (Å²) in [6.07, 6.45) is 0. The van der Waals surface area contributed by atoms with E-state index < -0.39 is 0 Å². The van der Waals surface area contributed by atoms with Crippen molar-refractivity contribution in [1.82, 2.24) is 10.2 Å². The van der Waals surface area contributed by atoms with Gasteiger partial charge in [0.25, 0.3) is 0 Å². The van der Waals surface area contributed by atoms with Crippen LogP contribution < -0.4 is 5.32 Å². The van der Waals surface area contributed by atoms with Crippen LogP contribution in [0, 0.1) is 20.8 Å². The summed E-state index contributed by atoms with van der Waals surface area (Å²) < 4.78 is 0. The van der Waals surface area contributed by atoms with Gasteiger partial charge in [-0.05, 0) is 38.5 Å². The van der Waals surface area contributed by atoms with Crippen molar-refractivity contribution in [2.24, 2.45) is 0 Å². The summed E-state index contributed by atoms with van der Waals surface area (Å²) in [7, 11) is 0. The minimum atomic E-state index is 0.759. The van der Waals surface area contributed by atoms with Crippen LogP contribution in [0.5, 0.6) is 0 Å². The summed E-state index contributed by atoms with van der Waals surface area (Å²) >= 11 is 6.08. The van der Waals surface area contributed by atoms with Gasteiger partial charge in [-0.15, -0.1) is 0 Å². The molecular formula is C13H16ClN3. The molecule has 2 rings (SSSR count). The lowest BCUT2D eigenvalue weighted by Crippen LogP contribution is -2.03. The van der Waals surface area contributed by atoms with E-state index in [0.717, 1.165) is 34.2 Å². The van der Waals surface area contributed by atoms with Crippen LogP contribution in [0.3, 0.4) is 0 Å². The number of nitrogens with one attached hydrogen (secondary N) is 2. The van der Waals surface area contributed by atoms with Gasteiger partial charge in [0.05, 0.1) is 5.69 Å². The van der Waals surface area contributed by atoms with Crippen LogP contribution in [-0.4, -0.2) is 10.2 Å². The molecule has 0 aliphatic rings. The van der Waals surface area contributed by atoms with Crippen LogP contribution in [0.2, 0.25) is 5.02 Å². The Labute approximate surface area is 106 Å². The molecule has 17 heavy (non-hydrogen) atoms. The summed E-state index contributed by atoms with van der Waals surface area (Å²) in [5, 5.41) is 11.3. The van der Waals surface area contributed by atoms with Crippen LogP contribution in [0.4, 0.5) is 5.69 Å². The molecule has 90 valence electrons. The predicted molar refractivity (Wildman–Crippen MR) is 71.6 cm³/mol.